The van der Waals surface area contributed by atoms with Gasteiger partial charge in [0.1, 0.15) is 5.82 Å². The minimum absolute atomic E-state index is 0.270. The molecule has 6 heteroatoms. The van der Waals surface area contributed by atoms with Crippen LogP contribution in [0.2, 0.25) is 0 Å². The highest BCUT2D eigenvalue weighted by molar-refractivity contribution is 9.10. The van der Waals surface area contributed by atoms with E-state index >= 15 is 0 Å². The van der Waals surface area contributed by atoms with Crippen molar-refractivity contribution in [2.45, 2.75) is 25.1 Å². The number of aromatic nitrogens is 2. The summed E-state index contributed by atoms with van der Waals surface area (Å²) in [7, 11) is 0. The maximum Gasteiger partial charge on any atom is 0.258 e. The molecule has 2 aromatic rings. The van der Waals surface area contributed by atoms with Crippen LogP contribution in [-0.2, 0) is 0 Å². The third-order valence-corrected chi connectivity index (χ3v) is 3.24. The van der Waals surface area contributed by atoms with Crippen LogP contribution < -0.4 is 0 Å². The molecule has 3 nitrogen and oxygen atoms in total. The van der Waals surface area contributed by atoms with Crippen LogP contribution in [-0.4, -0.2) is 10.1 Å². The van der Waals surface area contributed by atoms with Crippen LogP contribution in [0.15, 0.2) is 27.2 Å². The van der Waals surface area contributed by atoms with Gasteiger partial charge in [-0.2, -0.15) is 4.98 Å². The lowest BCUT2D eigenvalue weighted by molar-refractivity contribution is 0.420. The van der Waals surface area contributed by atoms with Gasteiger partial charge in [-0.1, -0.05) is 34.4 Å². The molecule has 1 aromatic heterocycles. The first kappa shape index (κ1) is 13.5. The van der Waals surface area contributed by atoms with Crippen LogP contribution in [0, 0.1) is 5.82 Å². The summed E-state index contributed by atoms with van der Waals surface area (Å²) in [5.41, 5.74) is 0.529. The lowest BCUT2D eigenvalue weighted by atomic mass is 10.2. The third-order valence-electron chi connectivity index (χ3n) is 2.37. The highest BCUT2D eigenvalue weighted by Gasteiger charge is 2.16. The summed E-state index contributed by atoms with van der Waals surface area (Å²) < 4.78 is 19.0. The number of hydrogen-bond donors (Lipinski definition) is 0. The average molecular weight is 334 g/mol. The van der Waals surface area contributed by atoms with Crippen molar-refractivity contribution < 1.29 is 8.91 Å². The molecule has 0 N–H and O–H groups in total. The summed E-state index contributed by atoms with van der Waals surface area (Å²) in [6, 6.07) is 4.41. The van der Waals surface area contributed by atoms with Crippen LogP contribution in [0.5, 0.6) is 0 Å². The van der Waals surface area contributed by atoms with E-state index in [4.69, 9.17) is 16.1 Å². The molecule has 96 valence electrons. The van der Waals surface area contributed by atoms with Crippen molar-refractivity contribution in [1.82, 2.24) is 10.1 Å². The van der Waals surface area contributed by atoms with Crippen LogP contribution in [0.1, 0.15) is 31.0 Å². The average Bonchev–Trinajstić information content (AvgIpc) is 2.77. The first-order valence-electron chi connectivity index (χ1n) is 5.54. The summed E-state index contributed by atoms with van der Waals surface area (Å²) in [6.45, 7) is 2.03. The van der Waals surface area contributed by atoms with Gasteiger partial charge in [-0.3, -0.25) is 0 Å². The van der Waals surface area contributed by atoms with Gasteiger partial charge in [0.25, 0.3) is 5.89 Å². The van der Waals surface area contributed by atoms with Gasteiger partial charge in [0.15, 0.2) is 5.82 Å². The maximum atomic E-state index is 13.3. The molecule has 1 atom stereocenters. The van der Waals surface area contributed by atoms with Crippen molar-refractivity contribution in [1.29, 1.82) is 0 Å². The highest BCUT2D eigenvalue weighted by atomic mass is 79.9. The summed E-state index contributed by atoms with van der Waals surface area (Å²) in [4.78, 5) is 4.18. The van der Waals surface area contributed by atoms with Crippen molar-refractivity contribution in [3.8, 4) is 11.5 Å². The first-order valence-corrected chi connectivity index (χ1v) is 6.77. The zero-order valence-electron chi connectivity index (χ0n) is 9.66. The maximum absolute atomic E-state index is 13.3. The molecule has 0 radical (unpaired) electrons. The molecule has 18 heavy (non-hydrogen) atoms. The number of alkyl halides is 1. The van der Waals surface area contributed by atoms with Crippen LogP contribution in [0.3, 0.4) is 0 Å². The van der Waals surface area contributed by atoms with Crippen LogP contribution in [0.25, 0.3) is 11.5 Å². The molecule has 0 aliphatic rings. The monoisotopic (exact) mass is 332 g/mol. The van der Waals surface area contributed by atoms with Gasteiger partial charge in [-0.05, 0) is 24.6 Å². The van der Waals surface area contributed by atoms with Gasteiger partial charge < -0.3 is 4.52 Å². The summed E-state index contributed by atoms with van der Waals surface area (Å²) in [5, 5.41) is 3.54. The van der Waals surface area contributed by atoms with Gasteiger partial charge in [-0.25, -0.2) is 4.39 Å². The summed E-state index contributed by atoms with van der Waals surface area (Å²) >= 11 is 9.32. The van der Waals surface area contributed by atoms with Gasteiger partial charge in [0, 0.05) is 10.0 Å². The molecule has 0 bridgehead atoms. The molecular weight excluding hydrogens is 322 g/mol. The van der Waals surface area contributed by atoms with Crippen molar-refractivity contribution in [3.63, 3.8) is 0 Å². The Labute approximate surface area is 117 Å². The van der Waals surface area contributed by atoms with Gasteiger partial charge in [0.2, 0.25) is 0 Å². The fourth-order valence-electron chi connectivity index (χ4n) is 1.54. The number of hydrogen-bond acceptors (Lipinski definition) is 3. The molecule has 0 saturated heterocycles. The molecule has 1 heterocycles. The topological polar surface area (TPSA) is 38.9 Å². The second-order valence-electron chi connectivity index (χ2n) is 3.87. The molecule has 0 saturated carbocycles. The van der Waals surface area contributed by atoms with Gasteiger partial charge in [0.05, 0.1) is 5.38 Å². The van der Waals surface area contributed by atoms with Crippen molar-refractivity contribution in [2.24, 2.45) is 0 Å². The molecule has 0 amide bonds. The number of benzene rings is 1. The minimum Gasteiger partial charge on any atom is -0.334 e. The van der Waals surface area contributed by atoms with Crippen molar-refractivity contribution in [3.05, 3.63) is 34.3 Å². The smallest absolute Gasteiger partial charge is 0.258 e. The van der Waals surface area contributed by atoms with E-state index in [0.29, 0.717) is 15.9 Å². The largest absolute Gasteiger partial charge is 0.334 e. The molecule has 0 aliphatic carbocycles. The van der Waals surface area contributed by atoms with E-state index in [1.165, 1.54) is 12.1 Å². The number of nitrogens with zero attached hydrogens (tertiary/aromatic N) is 2. The second kappa shape index (κ2) is 5.80. The zero-order chi connectivity index (χ0) is 13.1. The zero-order valence-corrected chi connectivity index (χ0v) is 12.0. The van der Waals surface area contributed by atoms with E-state index in [0.717, 1.165) is 12.8 Å². The van der Waals surface area contributed by atoms with E-state index in [9.17, 15) is 4.39 Å². The van der Waals surface area contributed by atoms with Crippen LogP contribution in [0.4, 0.5) is 4.39 Å². The summed E-state index contributed by atoms with van der Waals surface area (Å²) in [6.07, 6.45) is 1.71. The van der Waals surface area contributed by atoms with Crippen molar-refractivity contribution in [2.75, 3.05) is 0 Å². The van der Waals surface area contributed by atoms with E-state index in [-0.39, 0.29) is 17.1 Å². The van der Waals surface area contributed by atoms with E-state index in [1.807, 2.05) is 6.92 Å². The Balaban J connectivity index is 2.29. The number of halogens is 3. The Hall–Kier alpha value is -0.940. The predicted molar refractivity (Wildman–Crippen MR) is 70.9 cm³/mol. The lowest BCUT2D eigenvalue weighted by Gasteiger charge is -1.99. The standard InChI is InChI=1S/C12H11BrClFN2O/c1-2-3-10(14)11-16-12(18-17-11)7-4-8(13)6-9(15)5-7/h4-6,10H,2-3H2,1H3. The quantitative estimate of drug-likeness (QED) is 0.760. The fourth-order valence-corrected chi connectivity index (χ4v) is 2.31. The Morgan fingerprint density at radius 3 is 2.89 bits per heavy atom. The second-order valence-corrected chi connectivity index (χ2v) is 5.31. The third kappa shape index (κ3) is 3.09. The molecule has 0 fully saturated rings. The Kier molecular flexibility index (Phi) is 4.35. The molecule has 0 aliphatic heterocycles. The molecule has 1 unspecified atom stereocenters. The molecule has 2 rings (SSSR count). The van der Waals surface area contributed by atoms with Gasteiger partial charge >= 0.3 is 0 Å². The molecule has 0 spiro atoms. The Bertz CT molecular complexity index is 526. The van der Waals surface area contributed by atoms with Crippen molar-refractivity contribution >= 4 is 27.5 Å². The summed E-state index contributed by atoms with van der Waals surface area (Å²) in [5.74, 6) is 0.343. The van der Waals surface area contributed by atoms with E-state index in [2.05, 4.69) is 26.1 Å². The van der Waals surface area contributed by atoms with Crippen LogP contribution >= 0.6 is 27.5 Å². The fraction of sp³-hybridized carbons (Fsp3) is 0.333. The first-order chi connectivity index (χ1) is 8.60. The SMILES string of the molecule is CCCC(Cl)c1noc(-c2cc(F)cc(Br)c2)n1. The van der Waals surface area contributed by atoms with E-state index < -0.39 is 0 Å². The normalized spacial score (nSPS) is 12.7. The van der Waals surface area contributed by atoms with Gasteiger partial charge in [-0.15, -0.1) is 11.6 Å². The predicted octanol–water partition coefficient (Wildman–Crippen LogP) is 4.72. The molecular formula is C12H11BrClFN2O. The minimum atomic E-state index is -0.366. The molecule has 1 aromatic carbocycles. The highest BCUT2D eigenvalue weighted by Crippen LogP contribution is 2.27. The number of rotatable bonds is 4. The van der Waals surface area contributed by atoms with E-state index in [1.54, 1.807) is 6.07 Å². The Morgan fingerprint density at radius 2 is 2.22 bits per heavy atom. The lowest BCUT2D eigenvalue weighted by Crippen LogP contribution is -1.92. The Morgan fingerprint density at radius 1 is 1.44 bits per heavy atom.